The fourth-order valence-corrected chi connectivity index (χ4v) is 2.96. The summed E-state index contributed by atoms with van der Waals surface area (Å²) in [6.07, 6.45) is 11.2. The second kappa shape index (κ2) is 8.40. The zero-order valence-electron chi connectivity index (χ0n) is 13.0. The van der Waals surface area contributed by atoms with Crippen LogP contribution < -0.4 is 5.32 Å². The van der Waals surface area contributed by atoms with E-state index >= 15 is 0 Å². The van der Waals surface area contributed by atoms with Crippen molar-refractivity contribution in [2.75, 3.05) is 6.54 Å². The molecule has 1 aromatic rings. The molecule has 1 fully saturated rings. The number of nitrogens with one attached hydrogen (secondary N) is 1. The van der Waals surface area contributed by atoms with Gasteiger partial charge in [-0.15, -0.1) is 0 Å². The van der Waals surface area contributed by atoms with Gasteiger partial charge in [0.25, 0.3) is 0 Å². The van der Waals surface area contributed by atoms with E-state index in [4.69, 9.17) is 4.52 Å². The fraction of sp³-hybridized carbons (Fsp3) is 0.875. The van der Waals surface area contributed by atoms with E-state index in [-0.39, 0.29) is 0 Å². The quantitative estimate of drug-likeness (QED) is 0.860. The SMILES string of the molecule is CCCNC(C)Cc1nc(C2CCCCCCC2)no1. The normalized spacial score (nSPS) is 19.5. The van der Waals surface area contributed by atoms with Gasteiger partial charge in [0.1, 0.15) is 0 Å². The van der Waals surface area contributed by atoms with Gasteiger partial charge in [0.2, 0.25) is 5.89 Å². The second-order valence-electron chi connectivity index (χ2n) is 6.15. The minimum absolute atomic E-state index is 0.403. The van der Waals surface area contributed by atoms with Crippen molar-refractivity contribution in [2.45, 2.75) is 83.6 Å². The molecular weight excluding hydrogens is 250 g/mol. The highest BCUT2D eigenvalue weighted by Crippen LogP contribution is 2.29. The van der Waals surface area contributed by atoms with E-state index in [1.807, 2.05) is 0 Å². The fourth-order valence-electron chi connectivity index (χ4n) is 2.96. The summed E-state index contributed by atoms with van der Waals surface area (Å²) < 4.78 is 5.44. The summed E-state index contributed by atoms with van der Waals surface area (Å²) in [5.74, 6) is 2.26. The molecule has 0 aromatic carbocycles. The van der Waals surface area contributed by atoms with E-state index in [2.05, 4.69) is 29.3 Å². The van der Waals surface area contributed by atoms with Crippen LogP contribution in [0.3, 0.4) is 0 Å². The Hall–Kier alpha value is -0.900. The first-order valence-corrected chi connectivity index (χ1v) is 8.35. The molecule has 0 spiro atoms. The number of nitrogens with zero attached hydrogens (tertiary/aromatic N) is 2. The van der Waals surface area contributed by atoms with Gasteiger partial charge >= 0.3 is 0 Å². The van der Waals surface area contributed by atoms with Crippen LogP contribution in [0.25, 0.3) is 0 Å². The molecule has 1 aromatic heterocycles. The molecule has 114 valence electrons. The maximum absolute atomic E-state index is 5.44. The van der Waals surface area contributed by atoms with Gasteiger partial charge in [-0.3, -0.25) is 0 Å². The van der Waals surface area contributed by atoms with Gasteiger partial charge in [-0.2, -0.15) is 4.98 Å². The van der Waals surface area contributed by atoms with Crippen molar-refractivity contribution in [1.29, 1.82) is 0 Å². The highest BCUT2D eigenvalue weighted by atomic mass is 16.5. The van der Waals surface area contributed by atoms with Crippen LogP contribution >= 0.6 is 0 Å². The minimum Gasteiger partial charge on any atom is -0.339 e. The summed E-state index contributed by atoms with van der Waals surface area (Å²) in [4.78, 5) is 4.64. The Bertz CT molecular complexity index is 370. The topological polar surface area (TPSA) is 51.0 Å². The first kappa shape index (κ1) is 15.5. The van der Waals surface area contributed by atoms with Crippen molar-refractivity contribution >= 4 is 0 Å². The lowest BCUT2D eigenvalue weighted by Gasteiger charge is -2.15. The largest absolute Gasteiger partial charge is 0.339 e. The minimum atomic E-state index is 0.403. The van der Waals surface area contributed by atoms with Crippen molar-refractivity contribution in [3.05, 3.63) is 11.7 Å². The standard InChI is InChI=1S/C16H29N3O/c1-3-11-17-13(2)12-15-18-16(19-20-15)14-9-7-5-4-6-8-10-14/h13-14,17H,3-12H2,1-2H3. The van der Waals surface area contributed by atoms with Crippen LogP contribution in [0.15, 0.2) is 4.52 Å². The summed E-state index contributed by atoms with van der Waals surface area (Å²) in [5, 5.41) is 7.69. The van der Waals surface area contributed by atoms with Crippen LogP contribution in [0.5, 0.6) is 0 Å². The summed E-state index contributed by atoms with van der Waals surface area (Å²) in [5.41, 5.74) is 0. The van der Waals surface area contributed by atoms with E-state index in [1.165, 1.54) is 44.9 Å². The first-order chi connectivity index (χ1) is 9.79. The zero-order chi connectivity index (χ0) is 14.2. The molecule has 0 radical (unpaired) electrons. The van der Waals surface area contributed by atoms with Crippen LogP contribution in [0.2, 0.25) is 0 Å². The third-order valence-electron chi connectivity index (χ3n) is 4.18. The highest BCUT2D eigenvalue weighted by Gasteiger charge is 2.19. The van der Waals surface area contributed by atoms with Crippen LogP contribution in [-0.2, 0) is 6.42 Å². The Balaban J connectivity index is 1.86. The third kappa shape index (κ3) is 4.89. The number of hydrogen-bond acceptors (Lipinski definition) is 4. The third-order valence-corrected chi connectivity index (χ3v) is 4.18. The van der Waals surface area contributed by atoms with Gasteiger partial charge in [-0.05, 0) is 32.7 Å². The molecule has 0 bridgehead atoms. The van der Waals surface area contributed by atoms with Crippen molar-refractivity contribution in [1.82, 2.24) is 15.5 Å². The molecule has 20 heavy (non-hydrogen) atoms. The molecule has 2 rings (SSSR count). The van der Waals surface area contributed by atoms with Crippen molar-refractivity contribution in [3.63, 3.8) is 0 Å². The molecule has 4 nitrogen and oxygen atoms in total. The van der Waals surface area contributed by atoms with Crippen molar-refractivity contribution in [3.8, 4) is 0 Å². The Kier molecular flexibility index (Phi) is 6.51. The second-order valence-corrected chi connectivity index (χ2v) is 6.15. The summed E-state index contributed by atoms with van der Waals surface area (Å²) in [6, 6.07) is 0.403. The van der Waals surface area contributed by atoms with Gasteiger partial charge < -0.3 is 9.84 Å². The number of aromatic nitrogens is 2. The summed E-state index contributed by atoms with van der Waals surface area (Å²) >= 11 is 0. The van der Waals surface area contributed by atoms with Crippen molar-refractivity contribution < 1.29 is 4.52 Å². The first-order valence-electron chi connectivity index (χ1n) is 8.35. The maximum atomic E-state index is 5.44. The molecule has 0 amide bonds. The number of hydrogen-bond donors (Lipinski definition) is 1. The van der Waals surface area contributed by atoms with Crippen LogP contribution in [-0.4, -0.2) is 22.7 Å². The zero-order valence-corrected chi connectivity index (χ0v) is 13.0. The molecule has 1 saturated carbocycles. The maximum Gasteiger partial charge on any atom is 0.228 e. The molecule has 1 unspecified atom stereocenters. The molecule has 4 heteroatoms. The average Bonchev–Trinajstić information content (AvgIpc) is 2.84. The Morgan fingerprint density at radius 1 is 1.20 bits per heavy atom. The average molecular weight is 279 g/mol. The molecule has 0 aliphatic heterocycles. The van der Waals surface area contributed by atoms with Gasteiger partial charge in [-0.1, -0.05) is 44.2 Å². The van der Waals surface area contributed by atoms with E-state index in [9.17, 15) is 0 Å². The number of rotatable bonds is 6. The molecule has 1 aliphatic rings. The molecule has 1 atom stereocenters. The Labute approximate surface area is 122 Å². The highest BCUT2D eigenvalue weighted by molar-refractivity contribution is 4.97. The van der Waals surface area contributed by atoms with Gasteiger partial charge in [-0.25, -0.2) is 0 Å². The summed E-state index contributed by atoms with van der Waals surface area (Å²) in [7, 11) is 0. The van der Waals surface area contributed by atoms with Crippen LogP contribution in [0.1, 0.15) is 82.8 Å². The Morgan fingerprint density at radius 3 is 2.60 bits per heavy atom. The molecule has 1 heterocycles. The van der Waals surface area contributed by atoms with Gasteiger partial charge in [0.05, 0.1) is 0 Å². The molecule has 0 saturated heterocycles. The molecular formula is C16H29N3O. The van der Waals surface area contributed by atoms with Gasteiger partial charge in [0, 0.05) is 18.4 Å². The summed E-state index contributed by atoms with van der Waals surface area (Å²) in [6.45, 7) is 5.40. The van der Waals surface area contributed by atoms with Crippen LogP contribution in [0, 0.1) is 0 Å². The van der Waals surface area contributed by atoms with Gasteiger partial charge in [0.15, 0.2) is 5.82 Å². The lowest BCUT2D eigenvalue weighted by atomic mass is 9.91. The lowest BCUT2D eigenvalue weighted by Crippen LogP contribution is -2.28. The predicted molar refractivity (Wildman–Crippen MR) is 80.8 cm³/mol. The van der Waals surface area contributed by atoms with E-state index in [1.54, 1.807) is 0 Å². The molecule has 1 N–H and O–H groups in total. The van der Waals surface area contributed by atoms with Crippen LogP contribution in [0.4, 0.5) is 0 Å². The van der Waals surface area contributed by atoms with Crippen molar-refractivity contribution in [2.24, 2.45) is 0 Å². The molecule has 1 aliphatic carbocycles. The Morgan fingerprint density at radius 2 is 1.90 bits per heavy atom. The van der Waals surface area contributed by atoms with E-state index in [0.717, 1.165) is 31.1 Å². The monoisotopic (exact) mass is 279 g/mol. The van der Waals surface area contributed by atoms with E-state index < -0.39 is 0 Å². The predicted octanol–water partition coefficient (Wildman–Crippen LogP) is 3.83. The van der Waals surface area contributed by atoms with E-state index in [0.29, 0.717) is 12.0 Å². The lowest BCUT2D eigenvalue weighted by molar-refractivity contribution is 0.349. The smallest absolute Gasteiger partial charge is 0.228 e.